The molecule has 1 fully saturated rings. The molecule has 0 saturated carbocycles. The van der Waals surface area contributed by atoms with E-state index < -0.39 is 6.04 Å². The van der Waals surface area contributed by atoms with Gasteiger partial charge in [-0.2, -0.15) is 5.26 Å². The summed E-state index contributed by atoms with van der Waals surface area (Å²) in [6, 6.07) is 8.80. The van der Waals surface area contributed by atoms with E-state index in [2.05, 4.69) is 11.4 Å². The summed E-state index contributed by atoms with van der Waals surface area (Å²) in [5.74, 6) is 0.387. The number of hydrogen-bond donors (Lipinski definition) is 1. The van der Waals surface area contributed by atoms with Gasteiger partial charge in [-0.15, -0.1) is 0 Å². The normalized spacial score (nSPS) is 19.1. The summed E-state index contributed by atoms with van der Waals surface area (Å²) in [5, 5.41) is 12.2. The second kappa shape index (κ2) is 5.52. The summed E-state index contributed by atoms with van der Waals surface area (Å²) in [5.41, 5.74) is 0.502. The van der Waals surface area contributed by atoms with E-state index in [0.717, 1.165) is 0 Å². The molecular formula is C13H15N3O2. The molecule has 1 atom stereocenters. The lowest BCUT2D eigenvalue weighted by atomic mass is 10.1. The molecule has 0 aromatic heterocycles. The number of para-hydroxylation sites is 1. The molecule has 2 rings (SSSR count). The van der Waals surface area contributed by atoms with Gasteiger partial charge in [0.15, 0.2) is 0 Å². The molecule has 0 aliphatic carbocycles. The van der Waals surface area contributed by atoms with E-state index >= 15 is 0 Å². The molecule has 94 valence electrons. The first kappa shape index (κ1) is 12.4. The monoisotopic (exact) mass is 245 g/mol. The highest BCUT2D eigenvalue weighted by atomic mass is 16.5. The Morgan fingerprint density at radius 2 is 2.33 bits per heavy atom. The molecule has 5 heteroatoms. The van der Waals surface area contributed by atoms with Gasteiger partial charge in [-0.1, -0.05) is 12.1 Å². The summed E-state index contributed by atoms with van der Waals surface area (Å²) in [4.78, 5) is 14.0. The zero-order valence-electron chi connectivity index (χ0n) is 10.2. The minimum absolute atomic E-state index is 0.152. The smallest absolute Gasteiger partial charge is 0.258 e. The van der Waals surface area contributed by atoms with E-state index in [1.165, 1.54) is 7.11 Å². The van der Waals surface area contributed by atoms with Crippen LogP contribution in [0, 0.1) is 11.3 Å². The van der Waals surface area contributed by atoms with Crippen LogP contribution < -0.4 is 10.1 Å². The molecule has 0 bridgehead atoms. The predicted molar refractivity (Wildman–Crippen MR) is 66.3 cm³/mol. The molecular weight excluding hydrogens is 230 g/mol. The largest absolute Gasteiger partial charge is 0.496 e. The molecule has 0 spiro atoms. The predicted octanol–water partition coefficient (Wildman–Crippen LogP) is 0.633. The van der Waals surface area contributed by atoms with Crippen molar-refractivity contribution in [3.05, 3.63) is 29.8 Å². The Balaban J connectivity index is 2.27. The Bertz CT molecular complexity index is 481. The van der Waals surface area contributed by atoms with Crippen molar-refractivity contribution in [1.29, 1.82) is 5.26 Å². The second-order valence-electron chi connectivity index (χ2n) is 4.05. The van der Waals surface area contributed by atoms with Gasteiger partial charge in [0.05, 0.1) is 18.7 Å². The highest BCUT2D eigenvalue weighted by Gasteiger charge is 2.28. The van der Waals surface area contributed by atoms with Crippen LogP contribution in [0.5, 0.6) is 5.75 Å². The first-order valence-electron chi connectivity index (χ1n) is 5.82. The molecule has 1 unspecified atom stereocenters. The van der Waals surface area contributed by atoms with E-state index in [1.807, 2.05) is 6.07 Å². The number of amides is 1. The zero-order valence-corrected chi connectivity index (χ0v) is 10.2. The maximum atomic E-state index is 12.4. The Morgan fingerprint density at radius 1 is 1.56 bits per heavy atom. The Hall–Kier alpha value is -2.06. The van der Waals surface area contributed by atoms with Gasteiger partial charge in [0.2, 0.25) is 0 Å². The van der Waals surface area contributed by atoms with Crippen LogP contribution in [-0.2, 0) is 0 Å². The Kier molecular flexibility index (Phi) is 3.80. The van der Waals surface area contributed by atoms with Gasteiger partial charge >= 0.3 is 0 Å². The summed E-state index contributed by atoms with van der Waals surface area (Å²) in [7, 11) is 1.53. The van der Waals surface area contributed by atoms with Crippen molar-refractivity contribution in [2.75, 3.05) is 26.7 Å². The van der Waals surface area contributed by atoms with Crippen LogP contribution in [0.3, 0.4) is 0 Å². The fourth-order valence-electron chi connectivity index (χ4n) is 2.04. The van der Waals surface area contributed by atoms with Gasteiger partial charge in [0, 0.05) is 19.6 Å². The lowest BCUT2D eigenvalue weighted by Crippen LogP contribution is -2.53. The summed E-state index contributed by atoms with van der Waals surface area (Å²) in [6.07, 6.45) is 0. The third kappa shape index (κ3) is 2.29. The number of methoxy groups -OCH3 is 1. The van der Waals surface area contributed by atoms with Crippen molar-refractivity contribution in [1.82, 2.24) is 10.2 Å². The lowest BCUT2D eigenvalue weighted by Gasteiger charge is -2.32. The Labute approximate surface area is 106 Å². The number of carbonyl (C=O) groups excluding carboxylic acids is 1. The molecule has 1 aliphatic heterocycles. The first-order chi connectivity index (χ1) is 8.77. The second-order valence-corrected chi connectivity index (χ2v) is 4.05. The van der Waals surface area contributed by atoms with Crippen molar-refractivity contribution in [3.8, 4) is 11.8 Å². The summed E-state index contributed by atoms with van der Waals surface area (Å²) in [6.45, 7) is 1.76. The van der Waals surface area contributed by atoms with Crippen LogP contribution in [0.1, 0.15) is 10.4 Å². The fraction of sp³-hybridized carbons (Fsp3) is 0.385. The van der Waals surface area contributed by atoms with Gasteiger partial charge in [-0.3, -0.25) is 4.79 Å². The van der Waals surface area contributed by atoms with Crippen molar-refractivity contribution in [2.24, 2.45) is 0 Å². The summed E-state index contributed by atoms with van der Waals surface area (Å²) >= 11 is 0. The van der Waals surface area contributed by atoms with Gasteiger partial charge in [0.1, 0.15) is 11.8 Å². The molecule has 0 radical (unpaired) electrons. The van der Waals surface area contributed by atoms with Crippen LogP contribution in [0.25, 0.3) is 0 Å². The lowest BCUT2D eigenvalue weighted by molar-refractivity contribution is 0.0683. The first-order valence-corrected chi connectivity index (χ1v) is 5.82. The molecule has 1 N–H and O–H groups in total. The van der Waals surface area contributed by atoms with Crippen LogP contribution >= 0.6 is 0 Å². The van der Waals surface area contributed by atoms with Crippen LogP contribution in [-0.4, -0.2) is 43.6 Å². The topological polar surface area (TPSA) is 65.4 Å². The van der Waals surface area contributed by atoms with Gasteiger partial charge in [-0.25, -0.2) is 0 Å². The SMILES string of the molecule is COc1ccccc1C(=O)N1CCNCC1C#N. The van der Waals surface area contributed by atoms with Crippen LogP contribution in [0.4, 0.5) is 0 Å². The average molecular weight is 245 g/mol. The molecule has 1 saturated heterocycles. The number of rotatable bonds is 2. The van der Waals surface area contributed by atoms with Crippen molar-refractivity contribution in [2.45, 2.75) is 6.04 Å². The van der Waals surface area contributed by atoms with E-state index in [9.17, 15) is 4.79 Å². The van der Waals surface area contributed by atoms with Crippen LogP contribution in [0.2, 0.25) is 0 Å². The van der Waals surface area contributed by atoms with E-state index in [4.69, 9.17) is 10.00 Å². The molecule has 1 aliphatic rings. The standard InChI is InChI=1S/C13H15N3O2/c1-18-12-5-3-2-4-11(12)13(17)16-7-6-15-9-10(16)8-14/h2-5,10,15H,6-7,9H2,1H3. The molecule has 5 nitrogen and oxygen atoms in total. The number of ether oxygens (including phenoxy) is 1. The Morgan fingerprint density at radius 3 is 3.06 bits per heavy atom. The molecule has 1 aromatic carbocycles. The van der Waals surface area contributed by atoms with Crippen molar-refractivity contribution in [3.63, 3.8) is 0 Å². The van der Waals surface area contributed by atoms with Gasteiger partial charge < -0.3 is 15.0 Å². The number of nitrogens with zero attached hydrogens (tertiary/aromatic N) is 2. The molecule has 1 heterocycles. The summed E-state index contributed by atoms with van der Waals surface area (Å²) < 4.78 is 5.18. The number of piperazine rings is 1. The van der Waals surface area contributed by atoms with E-state index in [1.54, 1.807) is 23.1 Å². The maximum absolute atomic E-state index is 12.4. The van der Waals surface area contributed by atoms with E-state index in [-0.39, 0.29) is 5.91 Å². The quantitative estimate of drug-likeness (QED) is 0.830. The molecule has 18 heavy (non-hydrogen) atoms. The number of hydrogen-bond acceptors (Lipinski definition) is 4. The van der Waals surface area contributed by atoms with E-state index in [0.29, 0.717) is 30.9 Å². The fourth-order valence-corrected chi connectivity index (χ4v) is 2.04. The average Bonchev–Trinajstić information content (AvgIpc) is 2.46. The number of carbonyl (C=O) groups is 1. The molecule has 1 amide bonds. The minimum atomic E-state index is -0.420. The third-order valence-electron chi connectivity index (χ3n) is 2.99. The number of nitrogens with one attached hydrogen (secondary N) is 1. The van der Waals surface area contributed by atoms with Crippen molar-refractivity contribution < 1.29 is 9.53 Å². The highest BCUT2D eigenvalue weighted by molar-refractivity contribution is 5.97. The molecule has 1 aromatic rings. The zero-order chi connectivity index (χ0) is 13.0. The van der Waals surface area contributed by atoms with Gasteiger partial charge in [-0.05, 0) is 12.1 Å². The number of benzene rings is 1. The number of nitriles is 1. The minimum Gasteiger partial charge on any atom is -0.496 e. The van der Waals surface area contributed by atoms with Crippen LogP contribution in [0.15, 0.2) is 24.3 Å². The van der Waals surface area contributed by atoms with Gasteiger partial charge in [0.25, 0.3) is 5.91 Å². The maximum Gasteiger partial charge on any atom is 0.258 e. The third-order valence-corrected chi connectivity index (χ3v) is 2.99. The van der Waals surface area contributed by atoms with Crippen molar-refractivity contribution >= 4 is 5.91 Å². The highest BCUT2D eigenvalue weighted by Crippen LogP contribution is 2.20.